The van der Waals surface area contributed by atoms with Gasteiger partial charge in [0.15, 0.2) is 6.10 Å². The van der Waals surface area contributed by atoms with Crippen LogP contribution in [0.15, 0.2) is 85.1 Å². The van der Waals surface area contributed by atoms with Crippen LogP contribution in [0, 0.1) is 0 Å². The SMILES string of the molecule is CC/C=C\C/C=C\C/C=C\CCCCCCCCCCCC(=O)OCC(COC(=O)CCCCCCC/C=C\CCCCCCCCC)OC(=O)CCCCCCCCCCC/C=C\C/C=C\C/C=C\CC. The fourth-order valence-electron chi connectivity index (χ4n) is 8.58. The number of carbonyl (C=O) groups excluding carboxylic acids is 3. The largest absolute Gasteiger partial charge is 0.462 e. The predicted molar refractivity (Wildman–Crippen MR) is 311 cm³/mol. The van der Waals surface area contributed by atoms with Crippen LogP contribution in [-0.4, -0.2) is 37.2 Å². The van der Waals surface area contributed by atoms with Gasteiger partial charge in [0, 0.05) is 19.3 Å². The molecule has 0 N–H and O–H groups in total. The number of esters is 3. The topological polar surface area (TPSA) is 78.9 Å². The third-order valence-corrected chi connectivity index (χ3v) is 13.1. The number of hydrogen-bond donors (Lipinski definition) is 0. The second-order valence-corrected chi connectivity index (χ2v) is 20.2. The molecular formula is C66H114O6. The van der Waals surface area contributed by atoms with E-state index in [9.17, 15) is 14.4 Å². The highest BCUT2D eigenvalue weighted by Crippen LogP contribution is 2.16. The predicted octanol–water partition coefficient (Wildman–Crippen LogP) is 20.7. The normalized spacial score (nSPS) is 12.7. The first-order valence-electron chi connectivity index (χ1n) is 30.6. The Morgan fingerprint density at radius 3 is 0.861 bits per heavy atom. The number of hydrogen-bond acceptors (Lipinski definition) is 6. The van der Waals surface area contributed by atoms with E-state index in [1.807, 2.05) is 0 Å². The zero-order valence-corrected chi connectivity index (χ0v) is 47.4. The van der Waals surface area contributed by atoms with Crippen molar-refractivity contribution in [3.8, 4) is 0 Å². The van der Waals surface area contributed by atoms with Gasteiger partial charge < -0.3 is 14.2 Å². The fourth-order valence-corrected chi connectivity index (χ4v) is 8.58. The molecule has 72 heavy (non-hydrogen) atoms. The van der Waals surface area contributed by atoms with Crippen molar-refractivity contribution in [3.05, 3.63) is 85.1 Å². The Labute approximate surface area is 445 Å². The molecule has 0 fully saturated rings. The molecule has 0 aliphatic carbocycles. The van der Waals surface area contributed by atoms with Crippen molar-refractivity contribution in [1.29, 1.82) is 0 Å². The second-order valence-electron chi connectivity index (χ2n) is 20.2. The third-order valence-electron chi connectivity index (χ3n) is 13.1. The number of allylic oxidation sites excluding steroid dienone is 14. The van der Waals surface area contributed by atoms with Crippen LogP contribution in [-0.2, 0) is 28.6 Å². The van der Waals surface area contributed by atoms with Gasteiger partial charge in [-0.3, -0.25) is 14.4 Å². The van der Waals surface area contributed by atoms with Crippen LogP contribution >= 0.6 is 0 Å². The standard InChI is InChI=1S/C66H114O6/c1-4-7-10-13-16-19-22-25-28-31-33-35-38-41-44-47-50-53-56-59-65(68)71-62-63(61-70-64(67)58-55-52-49-46-43-40-37-30-27-24-21-18-15-12-9-6-3)72-66(69)60-57-54-51-48-45-42-39-36-34-32-29-26-23-20-17-14-11-8-5-2/h7-8,10-11,16-17,19-20,25-26,28-30,37,63H,4-6,9,12-15,18,21-24,27,31-36,38-62H2,1-3H3/b10-7-,11-8-,19-16-,20-17-,28-25-,29-26-,37-30-. The molecule has 0 aromatic carbocycles. The van der Waals surface area contributed by atoms with Crippen LogP contribution in [0.4, 0.5) is 0 Å². The van der Waals surface area contributed by atoms with Crippen LogP contribution in [0.1, 0.15) is 297 Å². The lowest BCUT2D eigenvalue weighted by Gasteiger charge is -2.18. The molecular weight excluding hydrogens is 889 g/mol. The van der Waals surface area contributed by atoms with Crippen LogP contribution in [0.25, 0.3) is 0 Å². The average molecular weight is 1000 g/mol. The summed E-state index contributed by atoms with van der Waals surface area (Å²) in [5.74, 6) is -0.892. The summed E-state index contributed by atoms with van der Waals surface area (Å²) in [5.41, 5.74) is 0. The molecule has 0 saturated heterocycles. The molecule has 0 heterocycles. The van der Waals surface area contributed by atoms with Crippen LogP contribution in [0.5, 0.6) is 0 Å². The molecule has 0 aliphatic rings. The molecule has 0 aliphatic heterocycles. The van der Waals surface area contributed by atoms with E-state index in [-0.39, 0.29) is 31.1 Å². The lowest BCUT2D eigenvalue weighted by Crippen LogP contribution is -2.30. The van der Waals surface area contributed by atoms with Crippen molar-refractivity contribution in [2.75, 3.05) is 13.2 Å². The maximum absolute atomic E-state index is 12.9. The van der Waals surface area contributed by atoms with Gasteiger partial charge in [-0.2, -0.15) is 0 Å². The van der Waals surface area contributed by atoms with E-state index in [4.69, 9.17) is 14.2 Å². The van der Waals surface area contributed by atoms with E-state index in [2.05, 4.69) is 106 Å². The Bertz CT molecular complexity index is 1380. The molecule has 0 aromatic heterocycles. The molecule has 1 unspecified atom stereocenters. The van der Waals surface area contributed by atoms with Crippen LogP contribution in [0.3, 0.4) is 0 Å². The number of carbonyl (C=O) groups is 3. The van der Waals surface area contributed by atoms with Gasteiger partial charge in [-0.15, -0.1) is 0 Å². The first-order chi connectivity index (χ1) is 35.5. The maximum Gasteiger partial charge on any atom is 0.306 e. The summed E-state index contributed by atoms with van der Waals surface area (Å²) in [6, 6.07) is 0. The number of rotatable bonds is 55. The zero-order valence-electron chi connectivity index (χ0n) is 47.4. The van der Waals surface area contributed by atoms with Gasteiger partial charge in [0.05, 0.1) is 0 Å². The monoisotopic (exact) mass is 1000 g/mol. The Kier molecular flexibility index (Phi) is 57.3. The molecule has 1 atom stereocenters. The minimum atomic E-state index is -0.786. The molecule has 0 aromatic rings. The Morgan fingerprint density at radius 1 is 0.292 bits per heavy atom. The molecule has 0 radical (unpaired) electrons. The summed E-state index contributed by atoms with van der Waals surface area (Å²) >= 11 is 0. The highest BCUT2D eigenvalue weighted by molar-refractivity contribution is 5.71. The van der Waals surface area contributed by atoms with E-state index >= 15 is 0 Å². The minimum Gasteiger partial charge on any atom is -0.462 e. The summed E-state index contributed by atoms with van der Waals surface area (Å²) in [6.45, 7) is 6.43. The van der Waals surface area contributed by atoms with E-state index < -0.39 is 6.10 Å². The molecule has 0 bridgehead atoms. The number of unbranched alkanes of at least 4 members (excludes halogenated alkanes) is 30. The van der Waals surface area contributed by atoms with Crippen molar-refractivity contribution in [2.24, 2.45) is 0 Å². The summed E-state index contributed by atoms with van der Waals surface area (Å²) in [4.78, 5) is 38.3. The molecule has 0 rings (SSSR count). The van der Waals surface area contributed by atoms with E-state index in [0.29, 0.717) is 19.3 Å². The molecule has 6 heteroatoms. The molecule has 0 amide bonds. The van der Waals surface area contributed by atoms with Crippen LogP contribution in [0.2, 0.25) is 0 Å². The van der Waals surface area contributed by atoms with Gasteiger partial charge >= 0.3 is 17.9 Å². The molecule has 414 valence electrons. The highest BCUT2D eigenvalue weighted by Gasteiger charge is 2.19. The van der Waals surface area contributed by atoms with Crippen molar-refractivity contribution in [1.82, 2.24) is 0 Å². The Morgan fingerprint density at radius 2 is 0.542 bits per heavy atom. The average Bonchev–Trinajstić information content (AvgIpc) is 3.38. The first kappa shape index (κ1) is 68.6. The fraction of sp³-hybridized carbons (Fsp3) is 0.742. The maximum atomic E-state index is 12.9. The lowest BCUT2D eigenvalue weighted by molar-refractivity contribution is -0.167. The van der Waals surface area contributed by atoms with E-state index in [0.717, 1.165) is 103 Å². The van der Waals surface area contributed by atoms with Crippen LogP contribution < -0.4 is 0 Å². The molecule has 6 nitrogen and oxygen atoms in total. The van der Waals surface area contributed by atoms with Crippen molar-refractivity contribution < 1.29 is 28.6 Å². The van der Waals surface area contributed by atoms with E-state index in [1.165, 1.54) is 154 Å². The zero-order chi connectivity index (χ0) is 52.2. The second kappa shape index (κ2) is 60.1. The molecule has 0 saturated carbocycles. The Balaban J connectivity index is 4.40. The van der Waals surface area contributed by atoms with Gasteiger partial charge in [0.1, 0.15) is 13.2 Å². The summed E-state index contributed by atoms with van der Waals surface area (Å²) in [7, 11) is 0. The first-order valence-corrected chi connectivity index (χ1v) is 30.6. The molecule has 0 spiro atoms. The van der Waals surface area contributed by atoms with E-state index in [1.54, 1.807) is 0 Å². The van der Waals surface area contributed by atoms with Gasteiger partial charge in [-0.1, -0.05) is 254 Å². The lowest BCUT2D eigenvalue weighted by atomic mass is 10.1. The Hall–Kier alpha value is -3.41. The number of ether oxygens (including phenoxy) is 3. The highest BCUT2D eigenvalue weighted by atomic mass is 16.6. The summed E-state index contributed by atoms with van der Waals surface area (Å²) in [6.07, 6.45) is 78.6. The summed E-state index contributed by atoms with van der Waals surface area (Å²) in [5, 5.41) is 0. The summed E-state index contributed by atoms with van der Waals surface area (Å²) < 4.78 is 16.9. The smallest absolute Gasteiger partial charge is 0.306 e. The van der Waals surface area contributed by atoms with Crippen molar-refractivity contribution >= 4 is 17.9 Å². The van der Waals surface area contributed by atoms with Gasteiger partial charge in [0.25, 0.3) is 0 Å². The van der Waals surface area contributed by atoms with Crippen molar-refractivity contribution in [3.63, 3.8) is 0 Å². The quantitative estimate of drug-likeness (QED) is 0.0261. The van der Waals surface area contributed by atoms with Gasteiger partial charge in [0.2, 0.25) is 0 Å². The van der Waals surface area contributed by atoms with Crippen molar-refractivity contribution in [2.45, 2.75) is 303 Å². The third kappa shape index (κ3) is 57.5. The van der Waals surface area contributed by atoms with Gasteiger partial charge in [-0.25, -0.2) is 0 Å². The minimum absolute atomic E-state index is 0.0834. The van der Waals surface area contributed by atoms with Gasteiger partial charge in [-0.05, 0) is 109 Å².